The fourth-order valence-corrected chi connectivity index (χ4v) is 2.70. The average Bonchev–Trinajstić information content (AvgIpc) is 3.21. The molecule has 0 spiro atoms. The summed E-state index contributed by atoms with van der Waals surface area (Å²) in [5, 5.41) is 19.2. The molecule has 0 amide bonds. The minimum absolute atomic E-state index is 0.0995. The molecule has 1 aromatic carbocycles. The van der Waals surface area contributed by atoms with Gasteiger partial charge in [-0.1, -0.05) is 24.3 Å². The fourth-order valence-electron chi connectivity index (χ4n) is 2.70. The largest absolute Gasteiger partial charge is 0.494 e. The number of hydrogen-bond acceptors (Lipinski definition) is 7. The van der Waals surface area contributed by atoms with E-state index in [4.69, 9.17) is 30.3 Å². The number of hydrogen-bond donors (Lipinski definition) is 4. The molecule has 0 aliphatic carbocycles. The molecule has 1 aromatic heterocycles. The molecule has 3 rings (SSSR count). The quantitative estimate of drug-likeness (QED) is 0.218. The summed E-state index contributed by atoms with van der Waals surface area (Å²) in [6.07, 6.45) is 1.99. The van der Waals surface area contributed by atoms with Crippen molar-refractivity contribution in [1.82, 2.24) is 10.3 Å². The molecule has 2 atom stereocenters. The molecule has 0 radical (unpaired) electrons. The maximum atomic E-state index is 12.4. The Labute approximate surface area is 162 Å². The van der Waals surface area contributed by atoms with Crippen LogP contribution in [-0.2, 0) is 14.0 Å². The topological polar surface area (TPSA) is 140 Å². The second kappa shape index (κ2) is 9.31. The van der Waals surface area contributed by atoms with E-state index in [9.17, 15) is 4.79 Å². The van der Waals surface area contributed by atoms with Crippen LogP contribution in [0.2, 0.25) is 0 Å². The van der Waals surface area contributed by atoms with Gasteiger partial charge in [0.05, 0.1) is 31.4 Å². The van der Waals surface area contributed by atoms with Crippen LogP contribution < -0.4 is 16.5 Å². The summed E-state index contributed by atoms with van der Waals surface area (Å²) >= 11 is 0. The van der Waals surface area contributed by atoms with Crippen LogP contribution in [-0.4, -0.2) is 55.0 Å². The molecule has 2 aromatic rings. The van der Waals surface area contributed by atoms with Crippen molar-refractivity contribution in [3.05, 3.63) is 59.9 Å². The molecule has 1 aliphatic rings. The summed E-state index contributed by atoms with van der Waals surface area (Å²) < 4.78 is 16.7. The van der Waals surface area contributed by atoms with Crippen molar-refractivity contribution < 1.29 is 23.9 Å². The number of guanidine groups is 1. The molecule has 0 bridgehead atoms. The molecule has 1 saturated heterocycles. The van der Waals surface area contributed by atoms with Crippen LogP contribution in [0, 0.1) is 5.41 Å². The van der Waals surface area contributed by atoms with Crippen LogP contribution in [0.3, 0.4) is 0 Å². The van der Waals surface area contributed by atoms with Gasteiger partial charge < -0.3 is 30.2 Å². The fraction of sp³-hybridized carbons (Fsp3) is 0.278. The highest BCUT2D eigenvalue weighted by Crippen LogP contribution is 2.19. The van der Waals surface area contributed by atoms with E-state index in [1.807, 2.05) is 0 Å². The Morgan fingerprint density at radius 2 is 2.21 bits per heavy atom. The van der Waals surface area contributed by atoms with Gasteiger partial charge in [-0.25, -0.2) is 4.79 Å². The third kappa shape index (κ3) is 5.06. The molecule has 0 saturated carbocycles. The zero-order valence-electron chi connectivity index (χ0n) is 15.1. The van der Waals surface area contributed by atoms with Gasteiger partial charge in [0.1, 0.15) is 6.10 Å². The summed E-state index contributed by atoms with van der Waals surface area (Å²) in [4.78, 5) is 16.3. The number of nitrogens with two attached hydrogens (primary N) is 1. The van der Waals surface area contributed by atoms with Crippen molar-refractivity contribution in [2.24, 2.45) is 5.73 Å². The van der Waals surface area contributed by atoms with Gasteiger partial charge in [0, 0.05) is 12.4 Å². The summed E-state index contributed by atoms with van der Waals surface area (Å²) in [7, 11) is -0.544. The third-order valence-corrected chi connectivity index (χ3v) is 4.16. The van der Waals surface area contributed by atoms with Crippen LogP contribution in [0.4, 0.5) is 0 Å². The average molecular weight is 384 g/mol. The number of ether oxygens (including phenoxy) is 1. The van der Waals surface area contributed by atoms with Crippen molar-refractivity contribution in [1.29, 1.82) is 5.41 Å². The second-order valence-electron chi connectivity index (χ2n) is 6.20. The van der Waals surface area contributed by atoms with E-state index in [1.54, 1.807) is 42.6 Å². The van der Waals surface area contributed by atoms with E-state index in [1.165, 1.54) is 6.20 Å². The van der Waals surface area contributed by atoms with E-state index in [2.05, 4.69) is 10.3 Å². The van der Waals surface area contributed by atoms with Gasteiger partial charge in [-0.2, -0.15) is 0 Å². The van der Waals surface area contributed by atoms with Gasteiger partial charge in [0.15, 0.2) is 5.96 Å². The van der Waals surface area contributed by atoms with Crippen LogP contribution in [0.15, 0.2) is 48.8 Å². The van der Waals surface area contributed by atoms with E-state index >= 15 is 0 Å². The van der Waals surface area contributed by atoms with Gasteiger partial charge in [-0.05, 0) is 23.2 Å². The lowest BCUT2D eigenvalue weighted by molar-refractivity contribution is 0.0306. The minimum atomic E-state index is -0.665. The number of pyridine rings is 1. The van der Waals surface area contributed by atoms with E-state index in [0.717, 1.165) is 5.46 Å². The first-order valence-electron chi connectivity index (χ1n) is 8.73. The first-order valence-corrected chi connectivity index (χ1v) is 8.73. The van der Waals surface area contributed by atoms with Crippen molar-refractivity contribution >= 4 is 24.5 Å². The summed E-state index contributed by atoms with van der Waals surface area (Å²) in [6, 6.07) is 10.4. The standard InChI is InChI=1S/C18H21BN4O5/c20-18(21)23-9-16(27-17(25)13-2-1-7-22-8-13)12-3-5-14(6-4-12)19-26-11-15(10-24)28-19/h1-8,15-16,24H,9-11H2,(H4,20,21,23)/t15-,16+/m1/s1. The molecule has 10 heteroatoms. The predicted molar refractivity (Wildman–Crippen MR) is 102 cm³/mol. The highest BCUT2D eigenvalue weighted by Gasteiger charge is 2.32. The summed E-state index contributed by atoms with van der Waals surface area (Å²) in [6.45, 7) is 0.373. The highest BCUT2D eigenvalue weighted by atomic mass is 16.6. The number of aromatic nitrogens is 1. The Balaban J connectivity index is 1.72. The second-order valence-corrected chi connectivity index (χ2v) is 6.20. The Kier molecular flexibility index (Phi) is 6.59. The van der Waals surface area contributed by atoms with Crippen molar-refractivity contribution in [2.45, 2.75) is 12.2 Å². The Morgan fingerprint density at radius 1 is 1.43 bits per heavy atom. The van der Waals surface area contributed by atoms with Gasteiger partial charge in [-0.15, -0.1) is 0 Å². The normalized spacial score (nSPS) is 17.2. The zero-order valence-corrected chi connectivity index (χ0v) is 15.1. The van der Waals surface area contributed by atoms with Gasteiger partial charge in [-0.3, -0.25) is 10.4 Å². The van der Waals surface area contributed by atoms with Crippen molar-refractivity contribution in [3.63, 3.8) is 0 Å². The third-order valence-electron chi connectivity index (χ3n) is 4.16. The zero-order chi connectivity index (χ0) is 19.9. The first-order chi connectivity index (χ1) is 13.6. The van der Waals surface area contributed by atoms with E-state index < -0.39 is 19.2 Å². The molecular formula is C18H21BN4O5. The molecule has 146 valence electrons. The Hall–Kier alpha value is -2.95. The smallest absolute Gasteiger partial charge is 0.452 e. The lowest BCUT2D eigenvalue weighted by Crippen LogP contribution is -2.35. The molecular weight excluding hydrogens is 363 g/mol. The van der Waals surface area contributed by atoms with Crippen molar-refractivity contribution in [3.8, 4) is 0 Å². The van der Waals surface area contributed by atoms with Crippen LogP contribution in [0.5, 0.6) is 0 Å². The maximum Gasteiger partial charge on any atom is 0.494 e. The van der Waals surface area contributed by atoms with Gasteiger partial charge in [0.25, 0.3) is 0 Å². The molecule has 2 heterocycles. The van der Waals surface area contributed by atoms with E-state index in [-0.39, 0.29) is 25.2 Å². The molecule has 1 fully saturated rings. The predicted octanol–water partition coefficient (Wildman–Crippen LogP) is -0.434. The van der Waals surface area contributed by atoms with Crippen LogP contribution in [0.1, 0.15) is 22.0 Å². The molecule has 5 N–H and O–H groups in total. The number of nitrogens with zero attached hydrogens (tertiary/aromatic N) is 1. The molecule has 0 unspecified atom stereocenters. The first kappa shape index (κ1) is 19.8. The number of aliphatic hydroxyl groups excluding tert-OH is 1. The van der Waals surface area contributed by atoms with Gasteiger partial charge in [0.2, 0.25) is 0 Å². The highest BCUT2D eigenvalue weighted by molar-refractivity contribution is 6.61. The lowest BCUT2D eigenvalue weighted by atomic mass is 9.79. The molecule has 9 nitrogen and oxygen atoms in total. The Bertz CT molecular complexity index is 805. The number of aliphatic hydroxyl groups is 1. The van der Waals surface area contributed by atoms with Crippen molar-refractivity contribution in [2.75, 3.05) is 19.8 Å². The SMILES string of the molecule is N=C(N)NC[C@H](OC(=O)c1cccnc1)c1ccc(B2OC[C@@H](CO)O2)cc1. The number of benzene rings is 1. The van der Waals surface area contributed by atoms with Crippen LogP contribution >= 0.6 is 0 Å². The number of carbonyl (C=O) groups is 1. The molecule has 1 aliphatic heterocycles. The van der Waals surface area contributed by atoms with Gasteiger partial charge >= 0.3 is 13.1 Å². The number of rotatable bonds is 7. The van der Waals surface area contributed by atoms with Crippen LogP contribution in [0.25, 0.3) is 0 Å². The maximum absolute atomic E-state index is 12.4. The minimum Gasteiger partial charge on any atom is -0.452 e. The number of nitrogens with one attached hydrogen (secondary N) is 2. The Morgan fingerprint density at radius 3 is 2.82 bits per heavy atom. The summed E-state index contributed by atoms with van der Waals surface area (Å²) in [5.74, 6) is -0.748. The monoisotopic (exact) mass is 384 g/mol. The number of esters is 1. The molecule has 28 heavy (non-hydrogen) atoms. The summed E-state index contributed by atoms with van der Waals surface area (Å²) in [5.41, 5.74) is 7.19. The lowest BCUT2D eigenvalue weighted by Gasteiger charge is -2.19. The van der Waals surface area contributed by atoms with E-state index in [0.29, 0.717) is 17.7 Å². The number of carbonyl (C=O) groups excluding carboxylic acids is 1.